The molecule has 41 heavy (non-hydrogen) atoms. The lowest BCUT2D eigenvalue weighted by atomic mass is 9.98. The molecule has 1 amide bonds. The molecule has 3 aromatic rings. The summed E-state index contributed by atoms with van der Waals surface area (Å²) >= 11 is 0. The zero-order valence-electron chi connectivity index (χ0n) is 25.1. The molecule has 0 spiro atoms. The molecule has 2 aliphatic rings. The maximum Gasteiger partial charge on any atom is 0.307 e. The molecular weight excluding hydrogens is 523 g/mol. The van der Waals surface area contributed by atoms with E-state index in [4.69, 9.17) is 10.2 Å². The second-order valence-electron chi connectivity index (χ2n) is 11.8. The van der Waals surface area contributed by atoms with Crippen molar-refractivity contribution in [1.29, 1.82) is 0 Å². The minimum Gasteiger partial charge on any atom is -0.481 e. The Morgan fingerprint density at radius 3 is 2.29 bits per heavy atom. The van der Waals surface area contributed by atoms with Crippen molar-refractivity contribution in [3.05, 3.63) is 70.9 Å². The molecule has 1 saturated heterocycles. The van der Waals surface area contributed by atoms with Gasteiger partial charge in [0.1, 0.15) is 11.6 Å². The van der Waals surface area contributed by atoms with Gasteiger partial charge in [-0.05, 0) is 70.0 Å². The number of aliphatic carboxylic acids is 1. The van der Waals surface area contributed by atoms with Gasteiger partial charge in [0.15, 0.2) is 5.69 Å². The molecule has 0 atom stereocenters. The van der Waals surface area contributed by atoms with Gasteiger partial charge in [-0.25, -0.2) is 9.37 Å². The third-order valence-electron chi connectivity index (χ3n) is 7.66. The number of pyridine rings is 1. The van der Waals surface area contributed by atoms with Gasteiger partial charge in [-0.2, -0.15) is 5.10 Å². The summed E-state index contributed by atoms with van der Waals surface area (Å²) in [6.45, 7) is 16.8. The Bertz CT molecular complexity index is 1420. The van der Waals surface area contributed by atoms with Crippen LogP contribution in [0.4, 0.5) is 15.9 Å². The molecule has 5 rings (SSSR count). The lowest BCUT2D eigenvalue weighted by Gasteiger charge is -2.47. The van der Waals surface area contributed by atoms with Gasteiger partial charge in [-0.3, -0.25) is 14.3 Å². The van der Waals surface area contributed by atoms with E-state index < -0.39 is 11.5 Å². The monoisotopic (exact) mass is 564 g/mol. The molecule has 2 aromatic heterocycles. The maximum absolute atomic E-state index is 14.3. The normalized spacial score (nSPS) is 17.4. The van der Waals surface area contributed by atoms with Gasteiger partial charge >= 0.3 is 5.97 Å². The smallest absolute Gasteiger partial charge is 0.307 e. The summed E-state index contributed by atoms with van der Waals surface area (Å²) in [6, 6.07) is 10.8. The van der Waals surface area contributed by atoms with Crippen molar-refractivity contribution in [2.75, 3.05) is 36.0 Å². The number of benzene rings is 1. The molecule has 10 heteroatoms. The van der Waals surface area contributed by atoms with Gasteiger partial charge in [-0.15, -0.1) is 0 Å². The summed E-state index contributed by atoms with van der Waals surface area (Å²) in [5, 5.41) is 13.8. The highest BCUT2D eigenvalue weighted by molar-refractivity contribution is 5.93. The van der Waals surface area contributed by atoms with Crippen molar-refractivity contribution in [3.8, 4) is 0 Å². The number of carbonyl (C=O) groups excluding carboxylic acids is 1. The lowest BCUT2D eigenvalue weighted by molar-refractivity contribution is -0.136. The van der Waals surface area contributed by atoms with Gasteiger partial charge < -0.3 is 19.8 Å². The molecule has 1 N–H and O–H groups in total. The van der Waals surface area contributed by atoms with Gasteiger partial charge in [0, 0.05) is 38.1 Å². The van der Waals surface area contributed by atoms with Crippen LogP contribution in [0.2, 0.25) is 0 Å². The highest BCUT2D eigenvalue weighted by Crippen LogP contribution is 2.32. The summed E-state index contributed by atoms with van der Waals surface area (Å²) in [4.78, 5) is 35.3. The molecule has 1 fully saturated rings. The average Bonchev–Trinajstić information content (AvgIpc) is 3.36. The number of hydrogen-bond acceptors (Lipinski definition) is 6. The summed E-state index contributed by atoms with van der Waals surface area (Å²) in [5.41, 5.74) is 2.53. The van der Waals surface area contributed by atoms with Crippen LogP contribution in [0.25, 0.3) is 0 Å². The Balaban J connectivity index is 0.00000189. The number of anilines is 2. The Morgan fingerprint density at radius 1 is 0.976 bits per heavy atom. The highest BCUT2D eigenvalue weighted by atomic mass is 19.1. The predicted octanol–water partition coefficient (Wildman–Crippen LogP) is 4.88. The number of rotatable bonds is 5. The lowest BCUT2D eigenvalue weighted by Crippen LogP contribution is -2.61. The molecule has 220 valence electrons. The van der Waals surface area contributed by atoms with E-state index in [2.05, 4.69) is 28.6 Å². The van der Waals surface area contributed by atoms with Gasteiger partial charge in [0.05, 0.1) is 29.7 Å². The molecule has 0 saturated carbocycles. The summed E-state index contributed by atoms with van der Waals surface area (Å²) in [6.07, 6.45) is 1.53. The fourth-order valence-corrected chi connectivity index (χ4v) is 5.66. The number of nitrogens with zero attached hydrogens (tertiary/aromatic N) is 6. The van der Waals surface area contributed by atoms with E-state index in [9.17, 15) is 14.0 Å². The number of carboxylic acids is 1. The van der Waals surface area contributed by atoms with Crippen molar-refractivity contribution < 1.29 is 19.1 Å². The van der Waals surface area contributed by atoms with E-state index in [-0.39, 0.29) is 23.7 Å². The quantitative estimate of drug-likeness (QED) is 0.472. The topological polar surface area (TPSA) is 94.8 Å². The standard InChI is InChI=1S/C29H35FN6O3.C2H6/c1-19-6-8-21(13-23(19)30)34-16-22-14-24(32-36(22)29(4,5)18-34)27(39)35-11-10-33(17-28(35,2)3)25-9-7-20(15-31-25)12-26(37)38;1-2/h6-9,13-15H,10-12,16-18H2,1-5H3,(H,37,38);1-2H3. The molecular formula is C31H41FN6O3. The van der Waals surface area contributed by atoms with E-state index >= 15 is 0 Å². The van der Waals surface area contributed by atoms with E-state index in [0.717, 1.165) is 17.2 Å². The SMILES string of the molecule is CC.Cc1ccc(N2Cc3cc(C(=O)N4CCN(c5ccc(CC(=O)O)cn5)CC4(C)C)nn3C(C)(C)C2)cc1F. The molecule has 0 bridgehead atoms. The number of piperazine rings is 1. The Hall–Kier alpha value is -3.95. The number of carbonyl (C=O) groups is 2. The van der Waals surface area contributed by atoms with Crippen LogP contribution < -0.4 is 9.80 Å². The largest absolute Gasteiger partial charge is 0.481 e. The first kappa shape index (κ1) is 30.0. The zero-order valence-corrected chi connectivity index (χ0v) is 25.1. The Kier molecular flexibility index (Phi) is 8.42. The van der Waals surface area contributed by atoms with Crippen molar-refractivity contribution in [3.63, 3.8) is 0 Å². The Labute approximate surface area is 241 Å². The number of fused-ring (bicyclic) bond motifs is 1. The molecule has 0 unspecified atom stereocenters. The summed E-state index contributed by atoms with van der Waals surface area (Å²) in [7, 11) is 0. The second kappa shape index (κ2) is 11.5. The third kappa shape index (κ3) is 6.21. The van der Waals surface area contributed by atoms with Gasteiger partial charge in [0.2, 0.25) is 0 Å². The first-order chi connectivity index (χ1) is 19.3. The maximum atomic E-state index is 14.3. The fraction of sp³-hybridized carbons (Fsp3) is 0.484. The van der Waals surface area contributed by atoms with Crippen LogP contribution in [-0.2, 0) is 23.3 Å². The highest BCUT2D eigenvalue weighted by Gasteiger charge is 2.40. The van der Waals surface area contributed by atoms with Crippen LogP contribution in [0.5, 0.6) is 0 Å². The molecule has 4 heterocycles. The predicted molar refractivity (Wildman–Crippen MR) is 158 cm³/mol. The molecule has 0 aliphatic carbocycles. The van der Waals surface area contributed by atoms with Gasteiger partial charge in [0.25, 0.3) is 5.91 Å². The zero-order chi connectivity index (χ0) is 30.1. The summed E-state index contributed by atoms with van der Waals surface area (Å²) in [5.74, 6) is -0.474. The van der Waals surface area contributed by atoms with E-state index in [1.54, 1.807) is 31.3 Å². The van der Waals surface area contributed by atoms with E-state index in [0.29, 0.717) is 49.5 Å². The fourth-order valence-electron chi connectivity index (χ4n) is 5.66. The number of hydrogen-bond donors (Lipinski definition) is 1. The first-order valence-electron chi connectivity index (χ1n) is 14.2. The molecule has 1 aromatic carbocycles. The van der Waals surface area contributed by atoms with Crippen LogP contribution in [0, 0.1) is 12.7 Å². The molecule has 0 radical (unpaired) electrons. The van der Waals surface area contributed by atoms with Crippen LogP contribution in [0.15, 0.2) is 42.6 Å². The molecule has 9 nitrogen and oxygen atoms in total. The average molecular weight is 565 g/mol. The minimum absolute atomic E-state index is 0.0633. The third-order valence-corrected chi connectivity index (χ3v) is 7.66. The van der Waals surface area contributed by atoms with Crippen LogP contribution in [0.3, 0.4) is 0 Å². The van der Waals surface area contributed by atoms with E-state index in [1.807, 2.05) is 55.5 Å². The molecule has 2 aliphatic heterocycles. The minimum atomic E-state index is -0.890. The van der Waals surface area contributed by atoms with E-state index in [1.165, 1.54) is 0 Å². The van der Waals surface area contributed by atoms with Crippen LogP contribution >= 0.6 is 0 Å². The summed E-state index contributed by atoms with van der Waals surface area (Å²) < 4.78 is 16.2. The number of aromatic nitrogens is 3. The number of aryl methyl sites for hydroxylation is 1. The van der Waals surface area contributed by atoms with Crippen molar-refractivity contribution in [2.45, 2.75) is 72.5 Å². The number of carboxylic acid groups (broad SMARTS) is 1. The van der Waals surface area contributed by atoms with Gasteiger partial charge in [-0.1, -0.05) is 26.0 Å². The first-order valence-corrected chi connectivity index (χ1v) is 14.2. The van der Waals surface area contributed by atoms with Crippen molar-refractivity contribution >= 4 is 23.4 Å². The Morgan fingerprint density at radius 2 is 1.68 bits per heavy atom. The van der Waals surface area contributed by atoms with Crippen molar-refractivity contribution in [2.24, 2.45) is 0 Å². The number of amides is 1. The van der Waals surface area contributed by atoms with Crippen LogP contribution in [0.1, 0.15) is 68.9 Å². The van der Waals surface area contributed by atoms with Crippen LogP contribution in [-0.4, -0.2) is 68.4 Å². The van der Waals surface area contributed by atoms with Crippen molar-refractivity contribution in [1.82, 2.24) is 19.7 Å². The second-order valence-corrected chi connectivity index (χ2v) is 11.8. The number of halogens is 1.